The molecule has 0 fully saturated rings. The molecule has 1 heterocycles. The van der Waals surface area contributed by atoms with Crippen LogP contribution in [-0.2, 0) is 13.5 Å². The van der Waals surface area contributed by atoms with Gasteiger partial charge in [0.1, 0.15) is 0 Å². The highest BCUT2D eigenvalue weighted by molar-refractivity contribution is 4.96. The van der Waals surface area contributed by atoms with E-state index in [0.29, 0.717) is 0 Å². The third-order valence-electron chi connectivity index (χ3n) is 1.70. The fraction of sp³-hybridized carbons (Fsp3) is 0.625. The lowest BCUT2D eigenvalue weighted by Crippen LogP contribution is -1.93. The molecule has 0 aliphatic carbocycles. The standard InChI is InChI=1S/C8H14N2/c1-3-4-5-8-6-9-7-10(8)2/h6-7H,3-5H2,1-2H3. The summed E-state index contributed by atoms with van der Waals surface area (Å²) >= 11 is 0. The van der Waals surface area contributed by atoms with E-state index in [2.05, 4.69) is 16.5 Å². The molecular weight excluding hydrogens is 124 g/mol. The first-order valence-electron chi connectivity index (χ1n) is 3.79. The smallest absolute Gasteiger partial charge is 0.0945 e. The van der Waals surface area contributed by atoms with E-state index in [1.54, 1.807) is 0 Å². The zero-order valence-corrected chi connectivity index (χ0v) is 6.67. The molecule has 1 rings (SSSR count). The molecule has 0 saturated carbocycles. The monoisotopic (exact) mass is 138 g/mol. The summed E-state index contributed by atoms with van der Waals surface area (Å²) in [6, 6.07) is 0. The maximum atomic E-state index is 4.04. The van der Waals surface area contributed by atoms with Crippen LogP contribution < -0.4 is 0 Å². The highest BCUT2D eigenvalue weighted by atomic mass is 15.0. The minimum atomic E-state index is 1.16. The molecular formula is C8H14N2. The Morgan fingerprint density at radius 3 is 2.90 bits per heavy atom. The number of unbranched alkanes of at least 4 members (excludes halogenated alkanes) is 1. The van der Waals surface area contributed by atoms with Crippen LogP contribution in [-0.4, -0.2) is 9.55 Å². The molecule has 1 aromatic rings. The number of aromatic nitrogens is 2. The van der Waals surface area contributed by atoms with Crippen molar-refractivity contribution in [3.8, 4) is 0 Å². The fourth-order valence-electron chi connectivity index (χ4n) is 0.983. The Hall–Kier alpha value is -0.790. The van der Waals surface area contributed by atoms with Crippen molar-refractivity contribution in [3.05, 3.63) is 18.2 Å². The van der Waals surface area contributed by atoms with Crippen LogP contribution in [0.5, 0.6) is 0 Å². The number of imidazole rings is 1. The van der Waals surface area contributed by atoms with Crippen LogP contribution in [0.4, 0.5) is 0 Å². The molecule has 0 saturated heterocycles. The summed E-state index contributed by atoms with van der Waals surface area (Å²) in [7, 11) is 2.04. The third kappa shape index (κ3) is 1.59. The average Bonchev–Trinajstić information content (AvgIpc) is 2.31. The number of hydrogen-bond donors (Lipinski definition) is 0. The summed E-state index contributed by atoms with van der Waals surface area (Å²) in [5.74, 6) is 0. The van der Waals surface area contributed by atoms with E-state index in [0.717, 1.165) is 6.42 Å². The van der Waals surface area contributed by atoms with E-state index in [4.69, 9.17) is 0 Å². The average molecular weight is 138 g/mol. The molecule has 0 aliphatic heterocycles. The minimum Gasteiger partial charge on any atom is -0.338 e. The van der Waals surface area contributed by atoms with Crippen molar-refractivity contribution in [3.63, 3.8) is 0 Å². The first-order chi connectivity index (χ1) is 4.84. The Bertz CT molecular complexity index is 191. The van der Waals surface area contributed by atoms with Crippen LogP contribution in [0.25, 0.3) is 0 Å². The molecule has 1 aromatic heterocycles. The van der Waals surface area contributed by atoms with Crippen LogP contribution in [0.15, 0.2) is 12.5 Å². The maximum absolute atomic E-state index is 4.04. The van der Waals surface area contributed by atoms with Crippen LogP contribution in [0.1, 0.15) is 25.5 Å². The first kappa shape index (κ1) is 7.32. The Kier molecular flexibility index (Phi) is 2.49. The fourth-order valence-corrected chi connectivity index (χ4v) is 0.983. The SMILES string of the molecule is CCCCc1cncn1C. The lowest BCUT2D eigenvalue weighted by atomic mass is 10.2. The van der Waals surface area contributed by atoms with Crippen LogP contribution in [0.2, 0.25) is 0 Å². The van der Waals surface area contributed by atoms with E-state index >= 15 is 0 Å². The number of aryl methyl sites for hydroxylation is 2. The van der Waals surface area contributed by atoms with Gasteiger partial charge in [-0.3, -0.25) is 0 Å². The summed E-state index contributed by atoms with van der Waals surface area (Å²) in [5, 5.41) is 0. The topological polar surface area (TPSA) is 17.8 Å². The van der Waals surface area contributed by atoms with Gasteiger partial charge in [-0.2, -0.15) is 0 Å². The maximum Gasteiger partial charge on any atom is 0.0945 e. The predicted molar refractivity (Wildman–Crippen MR) is 41.8 cm³/mol. The molecule has 2 nitrogen and oxygen atoms in total. The minimum absolute atomic E-state index is 1.16. The van der Waals surface area contributed by atoms with Crippen LogP contribution in [0.3, 0.4) is 0 Å². The summed E-state index contributed by atoms with van der Waals surface area (Å²) in [4.78, 5) is 4.04. The van der Waals surface area contributed by atoms with Crippen molar-refractivity contribution < 1.29 is 0 Å². The van der Waals surface area contributed by atoms with Gasteiger partial charge in [-0.25, -0.2) is 4.98 Å². The summed E-state index contributed by atoms with van der Waals surface area (Å²) in [5.41, 5.74) is 1.34. The van der Waals surface area contributed by atoms with Gasteiger partial charge in [0.2, 0.25) is 0 Å². The van der Waals surface area contributed by atoms with Crippen molar-refractivity contribution in [2.24, 2.45) is 7.05 Å². The Labute approximate surface area is 61.9 Å². The lowest BCUT2D eigenvalue weighted by molar-refractivity contribution is 0.733. The number of hydrogen-bond acceptors (Lipinski definition) is 1. The molecule has 0 N–H and O–H groups in total. The second-order valence-corrected chi connectivity index (χ2v) is 2.60. The van der Waals surface area contributed by atoms with E-state index < -0.39 is 0 Å². The van der Waals surface area contributed by atoms with Crippen LogP contribution >= 0.6 is 0 Å². The van der Waals surface area contributed by atoms with Gasteiger partial charge in [-0.1, -0.05) is 13.3 Å². The highest BCUT2D eigenvalue weighted by Gasteiger charge is 1.94. The third-order valence-corrected chi connectivity index (χ3v) is 1.70. The van der Waals surface area contributed by atoms with Gasteiger partial charge in [-0.05, 0) is 12.8 Å². The Balaban J connectivity index is 2.49. The van der Waals surface area contributed by atoms with Crippen molar-refractivity contribution in [1.29, 1.82) is 0 Å². The van der Waals surface area contributed by atoms with E-state index in [1.165, 1.54) is 18.5 Å². The zero-order chi connectivity index (χ0) is 7.40. The van der Waals surface area contributed by atoms with Gasteiger partial charge in [-0.15, -0.1) is 0 Å². The van der Waals surface area contributed by atoms with Gasteiger partial charge in [0, 0.05) is 18.9 Å². The molecule has 0 unspecified atom stereocenters. The Morgan fingerprint density at radius 1 is 1.60 bits per heavy atom. The molecule has 0 amide bonds. The number of nitrogens with zero attached hydrogens (tertiary/aromatic N) is 2. The summed E-state index contributed by atoms with van der Waals surface area (Å²) < 4.78 is 2.08. The van der Waals surface area contributed by atoms with E-state index in [-0.39, 0.29) is 0 Å². The molecule has 10 heavy (non-hydrogen) atoms. The van der Waals surface area contributed by atoms with E-state index in [1.807, 2.05) is 19.6 Å². The van der Waals surface area contributed by atoms with Gasteiger partial charge in [0.25, 0.3) is 0 Å². The zero-order valence-electron chi connectivity index (χ0n) is 6.67. The molecule has 0 spiro atoms. The van der Waals surface area contributed by atoms with Gasteiger partial charge < -0.3 is 4.57 Å². The van der Waals surface area contributed by atoms with E-state index in [9.17, 15) is 0 Å². The van der Waals surface area contributed by atoms with Crippen molar-refractivity contribution >= 4 is 0 Å². The molecule has 0 aliphatic rings. The van der Waals surface area contributed by atoms with Gasteiger partial charge in [0.05, 0.1) is 6.33 Å². The van der Waals surface area contributed by atoms with Gasteiger partial charge in [0.15, 0.2) is 0 Å². The first-order valence-corrected chi connectivity index (χ1v) is 3.79. The molecule has 0 bridgehead atoms. The molecule has 56 valence electrons. The molecule has 0 radical (unpaired) electrons. The molecule has 0 aromatic carbocycles. The molecule has 0 atom stereocenters. The normalized spacial score (nSPS) is 10.2. The Morgan fingerprint density at radius 2 is 2.40 bits per heavy atom. The molecule has 2 heteroatoms. The largest absolute Gasteiger partial charge is 0.338 e. The highest BCUT2D eigenvalue weighted by Crippen LogP contribution is 2.01. The predicted octanol–water partition coefficient (Wildman–Crippen LogP) is 1.76. The second-order valence-electron chi connectivity index (χ2n) is 2.60. The van der Waals surface area contributed by atoms with Crippen molar-refractivity contribution in [2.75, 3.05) is 0 Å². The van der Waals surface area contributed by atoms with Crippen LogP contribution in [0, 0.1) is 0 Å². The van der Waals surface area contributed by atoms with Crippen molar-refractivity contribution in [1.82, 2.24) is 9.55 Å². The quantitative estimate of drug-likeness (QED) is 0.622. The summed E-state index contributed by atoms with van der Waals surface area (Å²) in [6.45, 7) is 2.20. The van der Waals surface area contributed by atoms with Gasteiger partial charge >= 0.3 is 0 Å². The lowest BCUT2D eigenvalue weighted by Gasteiger charge is -1.98. The number of rotatable bonds is 3. The van der Waals surface area contributed by atoms with Crippen molar-refractivity contribution in [2.45, 2.75) is 26.2 Å². The second kappa shape index (κ2) is 3.40. The summed E-state index contributed by atoms with van der Waals surface area (Å²) in [6.07, 6.45) is 7.47.